The zero-order valence-corrected chi connectivity index (χ0v) is 14.5. The highest BCUT2D eigenvalue weighted by molar-refractivity contribution is 7.93. The van der Waals surface area contributed by atoms with E-state index in [2.05, 4.69) is 0 Å². The first-order chi connectivity index (χ1) is 12.4. The number of carbonyl (C=O) groups is 1. The number of hydrogen-bond acceptors (Lipinski definition) is 5. The Kier molecular flexibility index (Phi) is 5.04. The van der Waals surface area contributed by atoms with Gasteiger partial charge in [-0.25, -0.2) is 17.9 Å². The summed E-state index contributed by atoms with van der Waals surface area (Å²) in [5, 5.41) is 0.930. The summed E-state index contributed by atoms with van der Waals surface area (Å²) in [7, 11) is -3.91. The molecule has 0 unspecified atom stereocenters. The Morgan fingerprint density at radius 1 is 1.08 bits per heavy atom. The third-order valence-electron chi connectivity index (χ3n) is 3.63. The van der Waals surface area contributed by atoms with Gasteiger partial charge in [0.15, 0.2) is 5.58 Å². The van der Waals surface area contributed by atoms with Crippen molar-refractivity contribution in [3.63, 3.8) is 0 Å². The molecule has 3 aromatic rings. The number of aryl methyl sites for hydroxylation is 1. The molecule has 134 valence electrons. The van der Waals surface area contributed by atoms with E-state index in [1.54, 1.807) is 48.5 Å². The summed E-state index contributed by atoms with van der Waals surface area (Å²) in [5.41, 5.74) is 1.66. The summed E-state index contributed by atoms with van der Waals surface area (Å²) >= 11 is 0. The number of aromatic nitrogens is 1. The number of amides is 1. The summed E-state index contributed by atoms with van der Waals surface area (Å²) in [5.74, 6) is -1.30. The van der Waals surface area contributed by atoms with Gasteiger partial charge in [0.1, 0.15) is 0 Å². The predicted octanol–water partition coefficient (Wildman–Crippen LogP) is 2.10. The van der Waals surface area contributed by atoms with Gasteiger partial charge in [-0.2, -0.15) is 0 Å². The average Bonchev–Trinajstić information content (AvgIpc) is 2.94. The van der Waals surface area contributed by atoms with Crippen LogP contribution in [0.5, 0.6) is 0 Å². The molecule has 0 saturated carbocycles. The second-order valence-electron chi connectivity index (χ2n) is 5.52. The summed E-state index contributed by atoms with van der Waals surface area (Å²) in [6.07, 6.45) is 1.21. The van der Waals surface area contributed by atoms with Crippen LogP contribution in [0.4, 0.5) is 0 Å². The van der Waals surface area contributed by atoms with Crippen LogP contribution in [0.3, 0.4) is 0 Å². The molecule has 2 aromatic carbocycles. The molecule has 0 aliphatic carbocycles. The van der Waals surface area contributed by atoms with Crippen LogP contribution >= 0.6 is 0 Å². The van der Waals surface area contributed by atoms with Gasteiger partial charge >= 0.3 is 5.76 Å². The van der Waals surface area contributed by atoms with E-state index in [1.807, 2.05) is 10.8 Å². The maximum Gasteiger partial charge on any atom is 0.419 e. The van der Waals surface area contributed by atoms with Crippen LogP contribution < -0.4 is 10.5 Å². The van der Waals surface area contributed by atoms with E-state index >= 15 is 0 Å². The Morgan fingerprint density at radius 3 is 2.54 bits per heavy atom. The van der Waals surface area contributed by atoms with Gasteiger partial charge in [-0.05, 0) is 23.8 Å². The van der Waals surface area contributed by atoms with E-state index in [0.29, 0.717) is 16.7 Å². The van der Waals surface area contributed by atoms with E-state index in [0.717, 1.165) is 5.41 Å². The first-order valence-electron chi connectivity index (χ1n) is 7.82. The average molecular weight is 372 g/mol. The fourth-order valence-corrected chi connectivity index (χ4v) is 3.24. The van der Waals surface area contributed by atoms with Crippen molar-refractivity contribution in [2.45, 2.75) is 13.0 Å². The zero-order valence-electron chi connectivity index (χ0n) is 13.7. The minimum Gasteiger partial charge on any atom is -0.408 e. The van der Waals surface area contributed by atoms with Crippen LogP contribution in [-0.4, -0.2) is 18.9 Å². The normalized spacial score (nSPS) is 11.8. The highest BCUT2D eigenvalue weighted by Gasteiger charge is 2.14. The molecule has 26 heavy (non-hydrogen) atoms. The SMILES string of the molecule is O=C(CCn1c(=O)oc2ccccc21)NS(=O)(=O)/C=C/c1ccccc1. The Hall–Kier alpha value is -3.13. The number of para-hydroxylation sites is 2. The van der Waals surface area contributed by atoms with Gasteiger partial charge in [0, 0.05) is 13.0 Å². The number of nitrogens with one attached hydrogen (secondary N) is 1. The molecule has 0 aliphatic rings. The Labute approximate surface area is 149 Å². The van der Waals surface area contributed by atoms with E-state index in [4.69, 9.17) is 4.42 Å². The van der Waals surface area contributed by atoms with Crippen LogP contribution in [-0.2, 0) is 21.4 Å². The number of fused-ring (bicyclic) bond motifs is 1. The van der Waals surface area contributed by atoms with Crippen molar-refractivity contribution in [3.05, 3.63) is 76.1 Å². The molecule has 0 aliphatic heterocycles. The fourth-order valence-electron chi connectivity index (χ4n) is 2.42. The van der Waals surface area contributed by atoms with Gasteiger partial charge in [0.2, 0.25) is 5.91 Å². The third-order valence-corrected chi connectivity index (χ3v) is 4.64. The molecular formula is C18H16N2O5S. The number of rotatable bonds is 6. The number of oxazole rings is 1. The van der Waals surface area contributed by atoms with Gasteiger partial charge in [0.25, 0.3) is 10.0 Å². The van der Waals surface area contributed by atoms with Crippen molar-refractivity contribution in [2.75, 3.05) is 0 Å². The van der Waals surface area contributed by atoms with Crippen molar-refractivity contribution >= 4 is 33.1 Å². The Balaban J connectivity index is 1.64. The first kappa shape index (κ1) is 17.7. The van der Waals surface area contributed by atoms with Gasteiger partial charge in [0.05, 0.1) is 10.9 Å². The monoisotopic (exact) mass is 372 g/mol. The van der Waals surface area contributed by atoms with Gasteiger partial charge in [-0.1, -0.05) is 42.5 Å². The molecule has 0 spiro atoms. The molecule has 3 rings (SSSR count). The highest BCUT2D eigenvalue weighted by Crippen LogP contribution is 2.12. The predicted molar refractivity (Wildman–Crippen MR) is 97.6 cm³/mol. The minimum atomic E-state index is -3.91. The smallest absolute Gasteiger partial charge is 0.408 e. The summed E-state index contributed by atoms with van der Waals surface area (Å²) in [6.45, 7) is 0.0135. The number of hydrogen-bond donors (Lipinski definition) is 1. The molecule has 0 radical (unpaired) electrons. The molecule has 8 heteroatoms. The lowest BCUT2D eigenvalue weighted by atomic mass is 10.2. The lowest BCUT2D eigenvalue weighted by molar-refractivity contribution is -0.119. The summed E-state index contributed by atoms with van der Waals surface area (Å²) in [6, 6.07) is 15.7. The topological polar surface area (TPSA) is 98.4 Å². The molecule has 7 nitrogen and oxygen atoms in total. The third kappa shape index (κ3) is 4.28. The largest absolute Gasteiger partial charge is 0.419 e. The van der Waals surface area contributed by atoms with Gasteiger partial charge in [-0.3, -0.25) is 9.36 Å². The molecule has 0 saturated heterocycles. The standard InChI is InChI=1S/C18H16N2O5S/c21-17(19-26(23,24)13-11-14-6-2-1-3-7-14)10-12-20-15-8-4-5-9-16(15)25-18(20)22/h1-9,11,13H,10,12H2,(H,19,21)/b13-11+. The maximum absolute atomic E-state index is 11.9. The zero-order chi connectivity index (χ0) is 18.6. The van der Waals surface area contributed by atoms with Crippen molar-refractivity contribution in [2.24, 2.45) is 0 Å². The van der Waals surface area contributed by atoms with Crippen molar-refractivity contribution in [1.82, 2.24) is 9.29 Å². The van der Waals surface area contributed by atoms with E-state index in [9.17, 15) is 18.0 Å². The van der Waals surface area contributed by atoms with Crippen molar-refractivity contribution in [1.29, 1.82) is 0 Å². The molecule has 0 atom stereocenters. The second kappa shape index (κ2) is 7.40. The second-order valence-corrected chi connectivity index (χ2v) is 7.09. The minimum absolute atomic E-state index is 0.0135. The Morgan fingerprint density at radius 2 is 1.77 bits per heavy atom. The maximum atomic E-state index is 11.9. The number of sulfonamides is 1. The number of nitrogens with zero attached hydrogens (tertiary/aromatic N) is 1. The molecule has 0 fully saturated rings. The van der Waals surface area contributed by atoms with Crippen LogP contribution in [0.1, 0.15) is 12.0 Å². The summed E-state index contributed by atoms with van der Waals surface area (Å²) < 4.78 is 32.2. The lowest BCUT2D eigenvalue weighted by Gasteiger charge is -2.04. The Bertz CT molecular complexity index is 1110. The van der Waals surface area contributed by atoms with Crippen LogP contribution in [0.25, 0.3) is 17.2 Å². The van der Waals surface area contributed by atoms with Gasteiger partial charge < -0.3 is 4.42 Å². The molecule has 1 amide bonds. The fraction of sp³-hybridized carbons (Fsp3) is 0.111. The van der Waals surface area contributed by atoms with Crippen LogP contribution in [0.15, 0.2) is 69.2 Å². The van der Waals surface area contributed by atoms with Crippen molar-refractivity contribution < 1.29 is 17.6 Å². The molecule has 0 bridgehead atoms. The lowest BCUT2D eigenvalue weighted by Crippen LogP contribution is -2.30. The first-order valence-corrected chi connectivity index (χ1v) is 9.36. The van der Waals surface area contributed by atoms with E-state index in [1.165, 1.54) is 10.6 Å². The quantitative estimate of drug-likeness (QED) is 0.714. The van der Waals surface area contributed by atoms with Gasteiger partial charge in [-0.15, -0.1) is 0 Å². The number of carbonyl (C=O) groups excluding carboxylic acids is 1. The van der Waals surface area contributed by atoms with E-state index in [-0.39, 0.29) is 13.0 Å². The molecule has 1 heterocycles. The highest BCUT2D eigenvalue weighted by atomic mass is 32.2. The van der Waals surface area contributed by atoms with Crippen LogP contribution in [0.2, 0.25) is 0 Å². The summed E-state index contributed by atoms with van der Waals surface area (Å²) in [4.78, 5) is 23.8. The number of benzene rings is 2. The van der Waals surface area contributed by atoms with E-state index < -0.39 is 21.7 Å². The molecule has 1 N–H and O–H groups in total. The van der Waals surface area contributed by atoms with Crippen LogP contribution in [0, 0.1) is 0 Å². The van der Waals surface area contributed by atoms with Crippen molar-refractivity contribution in [3.8, 4) is 0 Å². The molecule has 1 aromatic heterocycles. The molecular weight excluding hydrogens is 356 g/mol.